The van der Waals surface area contributed by atoms with Crippen molar-refractivity contribution in [2.75, 3.05) is 0 Å². The molecule has 2 atom stereocenters. The van der Waals surface area contributed by atoms with Gasteiger partial charge in [-0.05, 0) is 18.4 Å². The molecule has 1 heteroatoms. The van der Waals surface area contributed by atoms with Crippen LogP contribution in [0.3, 0.4) is 0 Å². The number of allylic oxidation sites excluding steroid dienone is 1. The van der Waals surface area contributed by atoms with Crippen LogP contribution >= 0.6 is 0 Å². The predicted molar refractivity (Wildman–Crippen MR) is 55.5 cm³/mol. The summed E-state index contributed by atoms with van der Waals surface area (Å²) in [5.74, 6) is 0.520. The van der Waals surface area contributed by atoms with E-state index in [2.05, 4.69) is 36.4 Å². The summed E-state index contributed by atoms with van der Waals surface area (Å²) in [7, 11) is 0. The Kier molecular flexibility index (Phi) is 2.46. The lowest BCUT2D eigenvalue weighted by molar-refractivity contribution is 0.521. The van der Waals surface area contributed by atoms with Crippen molar-refractivity contribution in [1.82, 2.24) is 0 Å². The van der Waals surface area contributed by atoms with Gasteiger partial charge in [0.2, 0.25) is 0 Å². The quantitative estimate of drug-likeness (QED) is 0.648. The third-order valence-corrected chi connectivity index (χ3v) is 2.71. The first-order valence-corrected chi connectivity index (χ1v) is 4.83. The molecule has 1 aliphatic rings. The Balaban J connectivity index is 2.21. The van der Waals surface area contributed by atoms with Crippen LogP contribution in [0.25, 0.3) is 0 Å². The second kappa shape index (κ2) is 3.75. The molecule has 2 N–H and O–H groups in total. The maximum absolute atomic E-state index is 6.06. The number of hydrogen-bond acceptors (Lipinski definition) is 1. The summed E-state index contributed by atoms with van der Waals surface area (Å²) in [6.45, 7) is 0. The van der Waals surface area contributed by atoms with Gasteiger partial charge in [-0.25, -0.2) is 0 Å². The van der Waals surface area contributed by atoms with Crippen molar-refractivity contribution in [3.63, 3.8) is 0 Å². The zero-order valence-electron chi connectivity index (χ0n) is 7.69. The van der Waals surface area contributed by atoms with E-state index in [-0.39, 0.29) is 0 Å². The second-order valence-corrected chi connectivity index (χ2v) is 3.62. The van der Waals surface area contributed by atoms with Crippen LogP contribution in [-0.2, 0) is 0 Å². The van der Waals surface area contributed by atoms with Crippen molar-refractivity contribution >= 4 is 0 Å². The minimum Gasteiger partial charge on any atom is -0.327 e. The van der Waals surface area contributed by atoms with Crippen LogP contribution < -0.4 is 5.73 Å². The fraction of sp³-hybridized carbons (Fsp3) is 0.333. The van der Waals surface area contributed by atoms with Crippen molar-refractivity contribution in [3.05, 3.63) is 48.0 Å². The van der Waals surface area contributed by atoms with Crippen LogP contribution in [0.15, 0.2) is 42.5 Å². The minimum absolute atomic E-state index is 0.299. The monoisotopic (exact) mass is 173 g/mol. The number of hydrogen-bond donors (Lipinski definition) is 1. The molecule has 1 aromatic rings. The Labute approximate surface area is 79.3 Å². The van der Waals surface area contributed by atoms with E-state index in [1.807, 2.05) is 6.07 Å². The molecule has 0 bridgehead atoms. The molecule has 1 unspecified atom stereocenters. The highest BCUT2D eigenvalue weighted by Gasteiger charge is 2.19. The fourth-order valence-corrected chi connectivity index (χ4v) is 1.92. The normalized spacial score (nSPS) is 27.5. The summed E-state index contributed by atoms with van der Waals surface area (Å²) >= 11 is 0. The van der Waals surface area contributed by atoms with Gasteiger partial charge in [-0.3, -0.25) is 0 Å². The third-order valence-electron chi connectivity index (χ3n) is 2.71. The molecule has 0 spiro atoms. The lowest BCUT2D eigenvalue weighted by atomic mass is 9.84. The average molecular weight is 173 g/mol. The molecule has 0 heterocycles. The van der Waals surface area contributed by atoms with Gasteiger partial charge >= 0.3 is 0 Å². The van der Waals surface area contributed by atoms with Crippen molar-refractivity contribution in [2.45, 2.75) is 24.8 Å². The summed E-state index contributed by atoms with van der Waals surface area (Å²) < 4.78 is 0. The van der Waals surface area contributed by atoms with Gasteiger partial charge in [-0.1, -0.05) is 42.5 Å². The van der Waals surface area contributed by atoms with Gasteiger partial charge in [-0.2, -0.15) is 0 Å². The maximum Gasteiger partial charge on any atom is 0.0145 e. The van der Waals surface area contributed by atoms with E-state index in [0.29, 0.717) is 12.0 Å². The van der Waals surface area contributed by atoms with Gasteiger partial charge in [0.25, 0.3) is 0 Å². The Bertz CT molecular complexity index is 289. The summed E-state index contributed by atoms with van der Waals surface area (Å²) in [5, 5.41) is 0. The number of nitrogens with two attached hydrogens (primary N) is 1. The van der Waals surface area contributed by atoms with E-state index >= 15 is 0 Å². The van der Waals surface area contributed by atoms with Gasteiger partial charge in [-0.15, -0.1) is 0 Å². The van der Waals surface area contributed by atoms with E-state index in [1.165, 1.54) is 5.56 Å². The Morgan fingerprint density at radius 3 is 2.38 bits per heavy atom. The molecule has 1 aliphatic carbocycles. The van der Waals surface area contributed by atoms with Crippen LogP contribution in [0.5, 0.6) is 0 Å². The third kappa shape index (κ3) is 1.81. The van der Waals surface area contributed by atoms with Crippen molar-refractivity contribution < 1.29 is 0 Å². The zero-order valence-corrected chi connectivity index (χ0v) is 7.69. The SMILES string of the molecule is NC1CC=CC[C@H]1c1ccccc1. The second-order valence-electron chi connectivity index (χ2n) is 3.62. The van der Waals surface area contributed by atoms with Crippen molar-refractivity contribution in [2.24, 2.45) is 5.73 Å². The van der Waals surface area contributed by atoms with E-state index in [0.717, 1.165) is 12.8 Å². The minimum atomic E-state index is 0.299. The molecule has 0 aliphatic heterocycles. The molecule has 0 aromatic heterocycles. The van der Waals surface area contributed by atoms with Crippen LogP contribution in [0.4, 0.5) is 0 Å². The van der Waals surface area contributed by atoms with Crippen molar-refractivity contribution in [1.29, 1.82) is 0 Å². The van der Waals surface area contributed by atoms with Crippen LogP contribution in [0.1, 0.15) is 24.3 Å². The standard InChI is InChI=1S/C12H15N/c13-12-9-5-4-8-11(12)10-6-2-1-3-7-10/h1-7,11-12H,8-9,13H2/t11-,12?/m0/s1. The highest BCUT2D eigenvalue weighted by Crippen LogP contribution is 2.27. The molecule has 0 saturated carbocycles. The Morgan fingerprint density at radius 1 is 1.00 bits per heavy atom. The molecular weight excluding hydrogens is 158 g/mol. The Morgan fingerprint density at radius 2 is 1.69 bits per heavy atom. The molecule has 0 saturated heterocycles. The average Bonchev–Trinajstić information content (AvgIpc) is 2.20. The number of rotatable bonds is 1. The molecule has 0 radical (unpaired) electrons. The predicted octanol–water partition coefficient (Wildman–Crippen LogP) is 2.45. The summed E-state index contributed by atoms with van der Waals surface area (Å²) in [6.07, 6.45) is 6.52. The first-order valence-electron chi connectivity index (χ1n) is 4.83. The van der Waals surface area contributed by atoms with E-state index in [4.69, 9.17) is 5.73 Å². The lowest BCUT2D eigenvalue weighted by Gasteiger charge is -2.25. The summed E-state index contributed by atoms with van der Waals surface area (Å²) in [5.41, 5.74) is 7.43. The van der Waals surface area contributed by atoms with Gasteiger partial charge in [0.05, 0.1) is 0 Å². The van der Waals surface area contributed by atoms with E-state index < -0.39 is 0 Å². The zero-order chi connectivity index (χ0) is 9.10. The molecule has 2 rings (SSSR count). The molecule has 68 valence electrons. The molecule has 1 aromatic carbocycles. The fourth-order valence-electron chi connectivity index (χ4n) is 1.92. The van der Waals surface area contributed by atoms with Crippen molar-refractivity contribution in [3.8, 4) is 0 Å². The van der Waals surface area contributed by atoms with Crippen LogP contribution in [0, 0.1) is 0 Å². The molecule has 1 nitrogen and oxygen atoms in total. The smallest absolute Gasteiger partial charge is 0.0145 e. The lowest BCUT2D eigenvalue weighted by Crippen LogP contribution is -2.29. The Hall–Kier alpha value is -1.08. The topological polar surface area (TPSA) is 26.0 Å². The van der Waals surface area contributed by atoms with Gasteiger partial charge < -0.3 is 5.73 Å². The molecule has 0 fully saturated rings. The van der Waals surface area contributed by atoms with Gasteiger partial charge in [0.1, 0.15) is 0 Å². The summed E-state index contributed by atoms with van der Waals surface area (Å²) in [4.78, 5) is 0. The van der Waals surface area contributed by atoms with Crippen LogP contribution in [0.2, 0.25) is 0 Å². The van der Waals surface area contributed by atoms with E-state index in [1.54, 1.807) is 0 Å². The molecule has 0 amide bonds. The first kappa shape index (κ1) is 8.52. The van der Waals surface area contributed by atoms with E-state index in [9.17, 15) is 0 Å². The first-order chi connectivity index (χ1) is 6.38. The van der Waals surface area contributed by atoms with Crippen LogP contribution in [-0.4, -0.2) is 6.04 Å². The largest absolute Gasteiger partial charge is 0.327 e. The maximum atomic E-state index is 6.06. The molecule has 13 heavy (non-hydrogen) atoms. The highest BCUT2D eigenvalue weighted by atomic mass is 14.6. The summed E-state index contributed by atoms with van der Waals surface area (Å²) in [6, 6.07) is 10.9. The van der Waals surface area contributed by atoms with Gasteiger partial charge in [0, 0.05) is 12.0 Å². The number of benzene rings is 1. The molecular formula is C12H15N. The van der Waals surface area contributed by atoms with Gasteiger partial charge in [0.15, 0.2) is 0 Å². The highest BCUT2D eigenvalue weighted by molar-refractivity contribution is 5.23.